The molecule has 1 fully saturated rings. The van der Waals surface area contributed by atoms with Crippen LogP contribution in [0, 0.1) is 11.3 Å². The van der Waals surface area contributed by atoms with Crippen LogP contribution < -0.4 is 5.32 Å². The van der Waals surface area contributed by atoms with Gasteiger partial charge in [0.05, 0.1) is 17.7 Å². The molecule has 4 nitrogen and oxygen atoms in total. The first-order chi connectivity index (χ1) is 7.21. The second kappa shape index (κ2) is 3.69. The zero-order valence-electron chi connectivity index (χ0n) is 8.00. The van der Waals surface area contributed by atoms with Crippen molar-refractivity contribution >= 4 is 17.4 Å². The minimum absolute atomic E-state index is 0.0573. The molecule has 1 aliphatic rings. The van der Waals surface area contributed by atoms with Gasteiger partial charge in [0.2, 0.25) is 0 Å². The molecular weight excluding hydrogens is 214 g/mol. The van der Waals surface area contributed by atoms with Crippen LogP contribution in [0.4, 0.5) is 5.82 Å². The Kier molecular flexibility index (Phi) is 2.51. The van der Waals surface area contributed by atoms with Gasteiger partial charge in [-0.2, -0.15) is 5.26 Å². The highest BCUT2D eigenvalue weighted by Crippen LogP contribution is 2.39. The lowest BCUT2D eigenvalue weighted by Gasteiger charge is -2.15. The molecule has 1 aromatic rings. The first-order valence-corrected chi connectivity index (χ1v) is 5.02. The van der Waals surface area contributed by atoms with Gasteiger partial charge >= 0.3 is 0 Å². The Morgan fingerprint density at radius 2 is 2.40 bits per heavy atom. The number of anilines is 1. The van der Waals surface area contributed by atoms with Gasteiger partial charge in [0.1, 0.15) is 16.9 Å². The summed E-state index contributed by atoms with van der Waals surface area (Å²) in [5.41, 5.74) is 0.118. The Morgan fingerprint density at radius 1 is 1.67 bits per heavy atom. The summed E-state index contributed by atoms with van der Waals surface area (Å²) in [5, 5.41) is 21.3. The molecule has 2 rings (SSSR count). The van der Waals surface area contributed by atoms with Crippen LogP contribution in [0.5, 0.6) is 0 Å². The van der Waals surface area contributed by atoms with E-state index in [0.29, 0.717) is 16.4 Å². The second-order valence-corrected chi connectivity index (χ2v) is 4.07. The third-order valence-electron chi connectivity index (χ3n) is 2.55. The predicted octanol–water partition coefficient (Wildman–Crippen LogP) is 1.54. The van der Waals surface area contributed by atoms with Crippen LogP contribution in [-0.4, -0.2) is 22.2 Å². The van der Waals surface area contributed by atoms with Crippen molar-refractivity contribution in [1.29, 1.82) is 5.26 Å². The van der Waals surface area contributed by atoms with E-state index in [1.54, 1.807) is 6.07 Å². The van der Waals surface area contributed by atoms with Crippen molar-refractivity contribution < 1.29 is 5.11 Å². The maximum absolute atomic E-state index is 9.14. The molecular formula is C10H10ClN3O. The third-order valence-corrected chi connectivity index (χ3v) is 2.93. The van der Waals surface area contributed by atoms with Crippen LogP contribution in [0.1, 0.15) is 18.4 Å². The van der Waals surface area contributed by atoms with E-state index >= 15 is 0 Å². The fourth-order valence-electron chi connectivity index (χ4n) is 1.34. The van der Waals surface area contributed by atoms with Crippen LogP contribution in [0.3, 0.4) is 0 Å². The van der Waals surface area contributed by atoms with E-state index in [2.05, 4.69) is 10.3 Å². The molecule has 1 aromatic heterocycles. The summed E-state index contributed by atoms with van der Waals surface area (Å²) in [6.45, 7) is 0.0573. The smallest absolute Gasteiger partial charge is 0.146 e. The van der Waals surface area contributed by atoms with Crippen LogP contribution in [0.2, 0.25) is 5.02 Å². The molecule has 1 aliphatic carbocycles. The van der Waals surface area contributed by atoms with Gasteiger partial charge in [-0.1, -0.05) is 11.6 Å². The maximum atomic E-state index is 9.14. The normalized spacial score (nSPS) is 16.9. The van der Waals surface area contributed by atoms with Crippen molar-refractivity contribution in [2.45, 2.75) is 18.4 Å². The van der Waals surface area contributed by atoms with E-state index in [0.717, 1.165) is 12.8 Å². The lowest BCUT2D eigenvalue weighted by Crippen LogP contribution is -2.26. The molecule has 2 N–H and O–H groups in total. The number of rotatable bonds is 3. The van der Waals surface area contributed by atoms with Gasteiger partial charge in [-0.05, 0) is 18.9 Å². The van der Waals surface area contributed by atoms with Crippen LogP contribution >= 0.6 is 11.6 Å². The van der Waals surface area contributed by atoms with E-state index in [1.165, 1.54) is 6.20 Å². The quantitative estimate of drug-likeness (QED) is 0.816. The topological polar surface area (TPSA) is 68.9 Å². The highest BCUT2D eigenvalue weighted by atomic mass is 35.5. The van der Waals surface area contributed by atoms with Gasteiger partial charge in [-0.15, -0.1) is 0 Å². The highest BCUT2D eigenvalue weighted by molar-refractivity contribution is 6.34. The monoisotopic (exact) mass is 223 g/mol. The molecule has 0 aliphatic heterocycles. The largest absolute Gasteiger partial charge is 0.394 e. The third kappa shape index (κ3) is 1.89. The van der Waals surface area contributed by atoms with Gasteiger partial charge in [-0.3, -0.25) is 0 Å². The fourth-order valence-corrected chi connectivity index (χ4v) is 1.54. The molecule has 0 spiro atoms. The average Bonchev–Trinajstić information content (AvgIpc) is 3.02. The molecule has 0 bridgehead atoms. The number of hydrogen-bond donors (Lipinski definition) is 2. The lowest BCUT2D eigenvalue weighted by molar-refractivity contribution is 0.266. The number of hydrogen-bond acceptors (Lipinski definition) is 4. The Bertz CT molecular complexity index is 423. The number of aliphatic hydroxyl groups is 1. The van der Waals surface area contributed by atoms with Crippen LogP contribution in [-0.2, 0) is 0 Å². The van der Waals surface area contributed by atoms with Crippen molar-refractivity contribution in [3.8, 4) is 6.07 Å². The SMILES string of the molecule is N#Cc1ccnc(NC2(CO)CC2)c1Cl. The molecule has 0 saturated heterocycles. The summed E-state index contributed by atoms with van der Waals surface area (Å²) in [6.07, 6.45) is 3.33. The zero-order valence-corrected chi connectivity index (χ0v) is 8.75. The number of nitriles is 1. The summed E-state index contributed by atoms with van der Waals surface area (Å²) in [5.74, 6) is 0.474. The van der Waals surface area contributed by atoms with Gasteiger partial charge in [-0.25, -0.2) is 4.98 Å². The van der Waals surface area contributed by atoms with E-state index in [9.17, 15) is 0 Å². The Balaban J connectivity index is 2.26. The maximum Gasteiger partial charge on any atom is 0.146 e. The van der Waals surface area contributed by atoms with Gasteiger partial charge in [0.15, 0.2) is 0 Å². The van der Waals surface area contributed by atoms with E-state index in [1.807, 2.05) is 6.07 Å². The molecule has 78 valence electrons. The number of aromatic nitrogens is 1. The standard InChI is InChI=1S/C10H10ClN3O/c11-8-7(5-12)1-4-13-9(8)14-10(6-15)2-3-10/h1,4,15H,2-3,6H2,(H,13,14). The Hall–Kier alpha value is -1.31. The fraction of sp³-hybridized carbons (Fsp3) is 0.400. The van der Waals surface area contributed by atoms with E-state index in [4.69, 9.17) is 22.0 Å². The molecule has 0 unspecified atom stereocenters. The number of aliphatic hydroxyl groups excluding tert-OH is 1. The van der Waals surface area contributed by atoms with Crippen LogP contribution in [0.25, 0.3) is 0 Å². The van der Waals surface area contributed by atoms with Gasteiger partial charge in [0, 0.05) is 6.20 Å². The van der Waals surface area contributed by atoms with Gasteiger partial charge in [0.25, 0.3) is 0 Å². The summed E-state index contributed by atoms with van der Waals surface area (Å²) < 4.78 is 0. The predicted molar refractivity (Wildman–Crippen MR) is 56.6 cm³/mol. The highest BCUT2D eigenvalue weighted by Gasteiger charge is 2.42. The summed E-state index contributed by atoms with van der Waals surface area (Å²) in [7, 11) is 0. The number of nitrogens with one attached hydrogen (secondary N) is 1. The number of pyridine rings is 1. The van der Waals surface area contributed by atoms with E-state index < -0.39 is 0 Å². The molecule has 5 heteroatoms. The van der Waals surface area contributed by atoms with Crippen molar-refractivity contribution in [2.24, 2.45) is 0 Å². The van der Waals surface area contributed by atoms with E-state index in [-0.39, 0.29) is 12.1 Å². The first kappa shape index (κ1) is 10.2. The molecule has 0 atom stereocenters. The second-order valence-electron chi connectivity index (χ2n) is 3.70. The Morgan fingerprint density at radius 3 is 2.93 bits per heavy atom. The Labute approximate surface area is 92.5 Å². The molecule has 0 radical (unpaired) electrons. The minimum atomic E-state index is -0.273. The summed E-state index contributed by atoms with van der Waals surface area (Å²) >= 11 is 5.97. The first-order valence-electron chi connectivity index (χ1n) is 4.64. The molecule has 1 saturated carbocycles. The summed E-state index contributed by atoms with van der Waals surface area (Å²) in [4.78, 5) is 4.05. The lowest BCUT2D eigenvalue weighted by atomic mass is 10.2. The van der Waals surface area contributed by atoms with Gasteiger partial charge < -0.3 is 10.4 Å². The zero-order chi connectivity index (χ0) is 10.9. The molecule has 0 aromatic carbocycles. The van der Waals surface area contributed by atoms with Crippen molar-refractivity contribution in [1.82, 2.24) is 4.98 Å². The summed E-state index contributed by atoms with van der Waals surface area (Å²) in [6, 6.07) is 3.55. The van der Waals surface area contributed by atoms with Crippen molar-refractivity contribution in [3.63, 3.8) is 0 Å². The molecule has 0 amide bonds. The van der Waals surface area contributed by atoms with Crippen LogP contribution in [0.15, 0.2) is 12.3 Å². The average molecular weight is 224 g/mol. The minimum Gasteiger partial charge on any atom is -0.394 e. The number of nitrogens with zero attached hydrogens (tertiary/aromatic N) is 2. The molecule has 15 heavy (non-hydrogen) atoms. The van der Waals surface area contributed by atoms with Crippen molar-refractivity contribution in [2.75, 3.05) is 11.9 Å². The van der Waals surface area contributed by atoms with Crippen molar-refractivity contribution in [3.05, 3.63) is 22.8 Å². The number of halogens is 1. The molecule has 1 heterocycles.